The number of carbonyl (C=O) groups excluding carboxylic acids is 1. The smallest absolute Gasteiger partial charge is 0.137 e. The molecule has 0 aliphatic carbocycles. The molecule has 0 amide bonds. The first kappa shape index (κ1) is 14.7. The van der Waals surface area contributed by atoms with Crippen molar-refractivity contribution < 1.29 is 9.18 Å². The minimum Gasteiger partial charge on any atom is -0.399 e. The van der Waals surface area contributed by atoms with Crippen molar-refractivity contribution in [3.63, 3.8) is 0 Å². The highest BCUT2D eigenvalue weighted by atomic mass is 79.9. The summed E-state index contributed by atoms with van der Waals surface area (Å²) in [6.45, 7) is 0. The van der Waals surface area contributed by atoms with Crippen LogP contribution in [0.2, 0.25) is 0 Å². The van der Waals surface area contributed by atoms with Gasteiger partial charge in [-0.25, -0.2) is 4.39 Å². The quantitative estimate of drug-likeness (QED) is 0.841. The van der Waals surface area contributed by atoms with E-state index >= 15 is 0 Å². The maximum Gasteiger partial charge on any atom is 0.137 e. The van der Waals surface area contributed by atoms with Crippen LogP contribution in [0.4, 0.5) is 10.1 Å². The fourth-order valence-electron chi connectivity index (χ4n) is 2.02. The lowest BCUT2D eigenvalue weighted by Gasteiger charge is -2.05. The highest BCUT2D eigenvalue weighted by Crippen LogP contribution is 2.21. The Morgan fingerprint density at radius 1 is 1.20 bits per heavy atom. The molecule has 0 aromatic heterocycles. The molecule has 0 radical (unpaired) electrons. The predicted octanol–water partition coefficient (Wildman–Crippen LogP) is 3.91. The van der Waals surface area contributed by atoms with E-state index in [9.17, 15) is 9.18 Å². The molecule has 2 rings (SSSR count). The van der Waals surface area contributed by atoms with Crippen molar-refractivity contribution in [1.82, 2.24) is 0 Å². The van der Waals surface area contributed by atoms with Crippen LogP contribution >= 0.6 is 15.9 Å². The van der Waals surface area contributed by atoms with Crippen molar-refractivity contribution in [1.29, 1.82) is 0 Å². The number of carbonyl (C=O) groups is 1. The fourth-order valence-corrected chi connectivity index (χ4v) is 2.42. The van der Waals surface area contributed by atoms with E-state index in [1.165, 1.54) is 6.07 Å². The molecule has 20 heavy (non-hydrogen) atoms. The SMILES string of the molecule is Nc1cccc(CCC(=O)Cc2cccc(F)c2Br)c1. The van der Waals surface area contributed by atoms with E-state index in [4.69, 9.17) is 5.73 Å². The molecule has 2 aromatic carbocycles. The molecule has 0 unspecified atom stereocenters. The normalized spacial score (nSPS) is 10.5. The third-order valence-corrected chi connectivity index (χ3v) is 3.95. The zero-order valence-electron chi connectivity index (χ0n) is 10.9. The maximum absolute atomic E-state index is 13.4. The minimum atomic E-state index is -0.342. The Kier molecular flexibility index (Phi) is 4.90. The summed E-state index contributed by atoms with van der Waals surface area (Å²) in [5, 5.41) is 0. The van der Waals surface area contributed by atoms with Crippen molar-refractivity contribution in [2.75, 3.05) is 5.73 Å². The van der Waals surface area contributed by atoms with Gasteiger partial charge in [-0.15, -0.1) is 0 Å². The zero-order chi connectivity index (χ0) is 14.5. The van der Waals surface area contributed by atoms with E-state index in [0.717, 1.165) is 5.56 Å². The second-order valence-corrected chi connectivity index (χ2v) is 5.47. The molecule has 0 aliphatic heterocycles. The number of ketones is 1. The standard InChI is InChI=1S/C16H15BrFNO/c17-16-12(4-2-6-15(16)18)10-14(20)8-7-11-3-1-5-13(19)9-11/h1-6,9H,7-8,10,19H2. The number of nitrogens with two attached hydrogens (primary N) is 1. The number of nitrogen functional groups attached to an aromatic ring is 1. The molecule has 2 N–H and O–H groups in total. The molecular weight excluding hydrogens is 321 g/mol. The Balaban J connectivity index is 1.94. The van der Waals surface area contributed by atoms with Gasteiger partial charge in [-0.3, -0.25) is 4.79 Å². The Bertz CT molecular complexity index is 628. The van der Waals surface area contributed by atoms with Gasteiger partial charge in [-0.1, -0.05) is 24.3 Å². The van der Waals surface area contributed by atoms with Gasteiger partial charge in [0.15, 0.2) is 0 Å². The average Bonchev–Trinajstić information content (AvgIpc) is 2.42. The molecule has 0 heterocycles. The van der Waals surface area contributed by atoms with Gasteiger partial charge in [0.25, 0.3) is 0 Å². The first-order valence-electron chi connectivity index (χ1n) is 6.35. The van der Waals surface area contributed by atoms with Crippen LogP contribution in [0.25, 0.3) is 0 Å². The summed E-state index contributed by atoms with van der Waals surface area (Å²) in [6, 6.07) is 12.2. The molecular formula is C16H15BrFNO. The fraction of sp³-hybridized carbons (Fsp3) is 0.188. The van der Waals surface area contributed by atoms with Gasteiger partial charge in [0.05, 0.1) is 4.47 Å². The predicted molar refractivity (Wildman–Crippen MR) is 82.0 cm³/mol. The summed E-state index contributed by atoms with van der Waals surface area (Å²) in [5.41, 5.74) is 8.11. The van der Waals surface area contributed by atoms with E-state index in [2.05, 4.69) is 15.9 Å². The number of halogens is 2. The van der Waals surface area contributed by atoms with E-state index < -0.39 is 0 Å². The number of benzene rings is 2. The first-order valence-corrected chi connectivity index (χ1v) is 7.14. The topological polar surface area (TPSA) is 43.1 Å². The van der Waals surface area contributed by atoms with Crippen LogP contribution in [0, 0.1) is 5.82 Å². The van der Waals surface area contributed by atoms with Crippen LogP contribution in [-0.2, 0) is 17.6 Å². The van der Waals surface area contributed by atoms with Gasteiger partial charge < -0.3 is 5.73 Å². The molecule has 0 aliphatic rings. The number of anilines is 1. The van der Waals surface area contributed by atoms with Gasteiger partial charge in [0.2, 0.25) is 0 Å². The third kappa shape index (κ3) is 3.90. The maximum atomic E-state index is 13.4. The highest BCUT2D eigenvalue weighted by molar-refractivity contribution is 9.10. The summed E-state index contributed by atoms with van der Waals surface area (Å²) in [7, 11) is 0. The lowest BCUT2D eigenvalue weighted by molar-refractivity contribution is -0.118. The Hall–Kier alpha value is -1.68. The molecule has 0 atom stereocenters. The first-order chi connectivity index (χ1) is 9.56. The summed E-state index contributed by atoms with van der Waals surface area (Å²) in [5.74, 6) is -0.259. The Labute approximate surface area is 125 Å². The van der Waals surface area contributed by atoms with E-state index in [1.54, 1.807) is 12.1 Å². The van der Waals surface area contributed by atoms with Gasteiger partial charge in [-0.05, 0) is 51.7 Å². The lowest BCUT2D eigenvalue weighted by Crippen LogP contribution is -2.05. The summed E-state index contributed by atoms with van der Waals surface area (Å²) in [6.07, 6.45) is 1.31. The molecule has 0 saturated carbocycles. The number of aryl methyl sites for hydroxylation is 1. The third-order valence-electron chi connectivity index (χ3n) is 3.06. The van der Waals surface area contributed by atoms with Crippen LogP contribution in [0.1, 0.15) is 17.5 Å². The monoisotopic (exact) mass is 335 g/mol. The van der Waals surface area contributed by atoms with Crippen LogP contribution in [0.3, 0.4) is 0 Å². The highest BCUT2D eigenvalue weighted by Gasteiger charge is 2.10. The largest absolute Gasteiger partial charge is 0.399 e. The van der Waals surface area contributed by atoms with Gasteiger partial charge in [-0.2, -0.15) is 0 Å². The van der Waals surface area contributed by atoms with Gasteiger partial charge >= 0.3 is 0 Å². The van der Waals surface area contributed by atoms with Crippen LogP contribution in [0.15, 0.2) is 46.9 Å². The van der Waals surface area contributed by atoms with Crippen molar-refractivity contribution in [2.45, 2.75) is 19.3 Å². The van der Waals surface area contributed by atoms with Gasteiger partial charge in [0.1, 0.15) is 11.6 Å². The molecule has 104 valence electrons. The van der Waals surface area contributed by atoms with Gasteiger partial charge in [0, 0.05) is 18.5 Å². The second kappa shape index (κ2) is 6.66. The summed E-state index contributed by atoms with van der Waals surface area (Å²) >= 11 is 3.17. The van der Waals surface area contributed by atoms with E-state index in [-0.39, 0.29) is 18.0 Å². The molecule has 0 saturated heterocycles. The summed E-state index contributed by atoms with van der Waals surface area (Å²) in [4.78, 5) is 12.0. The van der Waals surface area contributed by atoms with Crippen molar-refractivity contribution in [3.8, 4) is 0 Å². The van der Waals surface area contributed by atoms with Crippen molar-refractivity contribution >= 4 is 27.4 Å². The van der Waals surface area contributed by atoms with Crippen LogP contribution in [-0.4, -0.2) is 5.78 Å². The molecule has 4 heteroatoms. The number of Topliss-reactive ketones (excluding diaryl/α,β-unsaturated/α-hetero) is 1. The van der Waals surface area contributed by atoms with E-state index in [0.29, 0.717) is 28.6 Å². The summed E-state index contributed by atoms with van der Waals surface area (Å²) < 4.78 is 13.7. The number of rotatable bonds is 5. The molecule has 0 fully saturated rings. The molecule has 2 nitrogen and oxygen atoms in total. The molecule has 2 aromatic rings. The van der Waals surface area contributed by atoms with Crippen LogP contribution in [0.5, 0.6) is 0 Å². The number of hydrogen-bond acceptors (Lipinski definition) is 2. The lowest BCUT2D eigenvalue weighted by atomic mass is 10.0. The minimum absolute atomic E-state index is 0.0822. The van der Waals surface area contributed by atoms with E-state index in [1.807, 2.05) is 24.3 Å². The Morgan fingerprint density at radius 3 is 2.70 bits per heavy atom. The molecule has 0 bridgehead atoms. The van der Waals surface area contributed by atoms with Crippen molar-refractivity contribution in [2.24, 2.45) is 0 Å². The second-order valence-electron chi connectivity index (χ2n) is 4.67. The number of hydrogen-bond donors (Lipinski definition) is 1. The Morgan fingerprint density at radius 2 is 1.95 bits per heavy atom. The van der Waals surface area contributed by atoms with Crippen molar-refractivity contribution in [3.05, 3.63) is 63.9 Å². The zero-order valence-corrected chi connectivity index (χ0v) is 12.5. The average molecular weight is 336 g/mol. The van der Waals surface area contributed by atoms with Crippen LogP contribution < -0.4 is 5.73 Å². The molecule has 0 spiro atoms.